The van der Waals surface area contributed by atoms with Gasteiger partial charge in [-0.05, 0) is 0 Å². The summed E-state index contributed by atoms with van der Waals surface area (Å²) in [4.78, 5) is 0. The van der Waals surface area contributed by atoms with Gasteiger partial charge in [-0.1, -0.05) is 0 Å². The SMILES string of the molecule is OCC1O[C@H](O[C@]2(CCl)O[C@H](CCl)C(O)[C@H]2O)C(O)[C@H](O)[C@H]1Cl. The maximum Gasteiger partial charge on any atom is 0.214 e. The van der Waals surface area contributed by atoms with Crippen molar-refractivity contribution in [3.8, 4) is 0 Å². The number of hydrogen-bond acceptors (Lipinski definition) is 8. The molecule has 9 atom stereocenters. The normalized spacial score (nSPS) is 51.1. The molecule has 11 heteroatoms. The Morgan fingerprint density at radius 1 is 1.00 bits per heavy atom. The smallest absolute Gasteiger partial charge is 0.214 e. The molecule has 0 saturated carbocycles. The molecule has 2 heterocycles. The van der Waals surface area contributed by atoms with Crippen LogP contribution < -0.4 is 0 Å². The lowest BCUT2D eigenvalue weighted by atomic mass is 10.0. The summed E-state index contributed by atoms with van der Waals surface area (Å²) in [5.41, 5.74) is 0. The van der Waals surface area contributed by atoms with E-state index in [1.54, 1.807) is 0 Å². The first-order valence-corrected chi connectivity index (χ1v) is 8.42. The van der Waals surface area contributed by atoms with E-state index >= 15 is 0 Å². The fourth-order valence-corrected chi connectivity index (χ4v) is 3.37. The van der Waals surface area contributed by atoms with Crippen LogP contribution in [0.3, 0.4) is 0 Å². The third-order valence-electron chi connectivity index (χ3n) is 3.96. The summed E-state index contributed by atoms with van der Waals surface area (Å²) in [6.45, 7) is -0.526. The van der Waals surface area contributed by atoms with E-state index in [2.05, 4.69) is 0 Å². The Labute approximate surface area is 147 Å². The Hall–Kier alpha value is 0.550. The van der Waals surface area contributed by atoms with Crippen LogP contribution in [0.4, 0.5) is 0 Å². The lowest BCUT2D eigenvalue weighted by Gasteiger charge is -2.43. The zero-order chi connectivity index (χ0) is 17.4. The van der Waals surface area contributed by atoms with Crippen molar-refractivity contribution in [2.75, 3.05) is 18.4 Å². The molecular weight excluding hydrogens is 378 g/mol. The summed E-state index contributed by atoms with van der Waals surface area (Å²) in [5.74, 6) is -2.43. The quantitative estimate of drug-likeness (QED) is 0.349. The van der Waals surface area contributed by atoms with Crippen molar-refractivity contribution < 1.29 is 39.7 Å². The largest absolute Gasteiger partial charge is 0.394 e. The number of aliphatic hydroxyl groups excluding tert-OH is 5. The molecule has 0 spiro atoms. The molecule has 3 unspecified atom stereocenters. The average Bonchev–Trinajstić information content (AvgIpc) is 2.80. The number of aliphatic hydroxyl groups is 5. The van der Waals surface area contributed by atoms with Crippen LogP contribution >= 0.6 is 34.8 Å². The minimum Gasteiger partial charge on any atom is -0.394 e. The fourth-order valence-electron chi connectivity index (χ4n) is 2.56. The summed E-state index contributed by atoms with van der Waals surface area (Å²) in [6, 6.07) is 0. The van der Waals surface area contributed by atoms with Gasteiger partial charge in [-0.3, -0.25) is 0 Å². The minimum atomic E-state index is -1.90. The zero-order valence-corrected chi connectivity index (χ0v) is 14.1. The third kappa shape index (κ3) is 3.58. The van der Waals surface area contributed by atoms with Gasteiger partial charge >= 0.3 is 0 Å². The highest BCUT2D eigenvalue weighted by molar-refractivity contribution is 6.21. The van der Waals surface area contributed by atoms with Gasteiger partial charge in [0, 0.05) is 0 Å². The summed E-state index contributed by atoms with van der Waals surface area (Å²) < 4.78 is 16.1. The van der Waals surface area contributed by atoms with Crippen LogP contribution in [0.2, 0.25) is 0 Å². The van der Waals surface area contributed by atoms with Gasteiger partial charge in [0.2, 0.25) is 5.79 Å². The van der Waals surface area contributed by atoms with Crippen LogP contribution in [-0.2, 0) is 14.2 Å². The van der Waals surface area contributed by atoms with Crippen molar-refractivity contribution in [2.45, 2.75) is 54.1 Å². The molecule has 2 aliphatic rings. The molecular formula is C12H19Cl3O8. The maximum absolute atomic E-state index is 10.1. The molecule has 0 bridgehead atoms. The molecule has 136 valence electrons. The topological polar surface area (TPSA) is 129 Å². The molecule has 0 aliphatic carbocycles. The minimum absolute atomic E-state index is 0.125. The van der Waals surface area contributed by atoms with E-state index in [0.29, 0.717) is 0 Å². The first-order valence-electron chi connectivity index (χ1n) is 6.91. The third-order valence-corrected chi connectivity index (χ3v) is 5.17. The highest BCUT2D eigenvalue weighted by Crippen LogP contribution is 2.37. The standard InChI is InChI=1S/C12H19Cl3O8/c13-1-4-7(17)10(20)12(3-14,22-4)23-11-9(19)8(18)6(15)5(2-16)21-11/h4-11,16-20H,1-3H2/t4-,5?,6+,7?,8-,9?,10-,11-,12+/m1/s1. The molecule has 23 heavy (non-hydrogen) atoms. The van der Waals surface area contributed by atoms with Gasteiger partial charge in [0.05, 0.1) is 23.7 Å². The van der Waals surface area contributed by atoms with Gasteiger partial charge in [0.25, 0.3) is 0 Å². The summed E-state index contributed by atoms with van der Waals surface area (Å²) >= 11 is 17.3. The van der Waals surface area contributed by atoms with Crippen LogP contribution in [0.1, 0.15) is 0 Å². The summed E-state index contributed by atoms with van der Waals surface area (Å²) in [7, 11) is 0. The van der Waals surface area contributed by atoms with E-state index < -0.39 is 66.6 Å². The molecule has 2 saturated heterocycles. The van der Waals surface area contributed by atoms with E-state index in [1.807, 2.05) is 0 Å². The molecule has 0 aromatic heterocycles. The van der Waals surface area contributed by atoms with E-state index in [-0.39, 0.29) is 5.88 Å². The van der Waals surface area contributed by atoms with Crippen molar-refractivity contribution in [1.29, 1.82) is 0 Å². The Morgan fingerprint density at radius 3 is 2.13 bits per heavy atom. The molecule has 2 rings (SSSR count). The molecule has 2 aliphatic heterocycles. The highest BCUT2D eigenvalue weighted by atomic mass is 35.5. The summed E-state index contributed by atoms with van der Waals surface area (Å²) in [6.07, 6.45) is -9.39. The van der Waals surface area contributed by atoms with Gasteiger partial charge < -0.3 is 39.7 Å². The van der Waals surface area contributed by atoms with Gasteiger partial charge in [0.15, 0.2) is 6.29 Å². The van der Waals surface area contributed by atoms with E-state index in [0.717, 1.165) is 0 Å². The predicted octanol–water partition coefficient (Wildman–Crippen LogP) is -1.66. The maximum atomic E-state index is 10.1. The number of alkyl halides is 3. The molecule has 5 N–H and O–H groups in total. The highest BCUT2D eigenvalue weighted by Gasteiger charge is 2.58. The van der Waals surface area contributed by atoms with Gasteiger partial charge in [0.1, 0.15) is 36.6 Å². The first kappa shape index (κ1) is 19.9. The molecule has 2 fully saturated rings. The van der Waals surface area contributed by atoms with Gasteiger partial charge in [-0.25, -0.2) is 0 Å². The second-order valence-electron chi connectivity index (χ2n) is 5.46. The van der Waals surface area contributed by atoms with Crippen molar-refractivity contribution >= 4 is 34.8 Å². The van der Waals surface area contributed by atoms with Crippen molar-refractivity contribution in [2.24, 2.45) is 0 Å². The van der Waals surface area contributed by atoms with Crippen LogP contribution in [0, 0.1) is 0 Å². The van der Waals surface area contributed by atoms with Crippen LogP contribution in [-0.4, -0.2) is 98.0 Å². The van der Waals surface area contributed by atoms with Gasteiger partial charge in [-0.15, -0.1) is 34.8 Å². The predicted molar refractivity (Wildman–Crippen MR) is 79.5 cm³/mol. The van der Waals surface area contributed by atoms with E-state index in [9.17, 15) is 25.5 Å². The second-order valence-corrected chi connectivity index (χ2v) is 6.54. The molecule has 0 radical (unpaired) electrons. The summed E-state index contributed by atoms with van der Waals surface area (Å²) in [5, 5.41) is 48.1. The fraction of sp³-hybridized carbons (Fsp3) is 1.00. The lowest BCUT2D eigenvalue weighted by Crippen LogP contribution is -2.61. The van der Waals surface area contributed by atoms with Gasteiger partial charge in [-0.2, -0.15) is 0 Å². The Morgan fingerprint density at radius 2 is 1.65 bits per heavy atom. The number of rotatable bonds is 5. The van der Waals surface area contributed by atoms with E-state index in [1.165, 1.54) is 0 Å². The number of hydrogen-bond donors (Lipinski definition) is 5. The zero-order valence-electron chi connectivity index (χ0n) is 11.8. The van der Waals surface area contributed by atoms with Crippen molar-refractivity contribution in [1.82, 2.24) is 0 Å². The lowest BCUT2D eigenvalue weighted by molar-refractivity contribution is -0.357. The monoisotopic (exact) mass is 396 g/mol. The molecule has 0 amide bonds. The van der Waals surface area contributed by atoms with E-state index in [4.69, 9.17) is 49.0 Å². The van der Waals surface area contributed by atoms with Crippen LogP contribution in [0.15, 0.2) is 0 Å². The molecule has 8 nitrogen and oxygen atoms in total. The number of halogens is 3. The first-order chi connectivity index (χ1) is 10.8. The second kappa shape index (κ2) is 7.84. The molecule has 0 aromatic rings. The van der Waals surface area contributed by atoms with Crippen LogP contribution in [0.5, 0.6) is 0 Å². The Bertz CT molecular complexity index is 403. The Balaban J connectivity index is 2.18. The van der Waals surface area contributed by atoms with Crippen molar-refractivity contribution in [3.63, 3.8) is 0 Å². The average molecular weight is 398 g/mol. The van der Waals surface area contributed by atoms with Crippen LogP contribution in [0.25, 0.3) is 0 Å². The Kier molecular flexibility index (Phi) is 6.77. The van der Waals surface area contributed by atoms with Crippen molar-refractivity contribution in [3.05, 3.63) is 0 Å². The molecule has 0 aromatic carbocycles. The number of ether oxygens (including phenoxy) is 3.